The zero-order chi connectivity index (χ0) is 15.2. The third-order valence-electron chi connectivity index (χ3n) is 3.02. The predicted octanol–water partition coefficient (Wildman–Crippen LogP) is 3.25. The highest BCUT2D eigenvalue weighted by Gasteiger charge is 2.10. The largest absolute Gasteiger partial charge is 0.492 e. The van der Waals surface area contributed by atoms with Crippen molar-refractivity contribution in [1.29, 1.82) is 0 Å². The number of nitrogens with one attached hydrogen (secondary N) is 1. The first kappa shape index (κ1) is 15.0. The monoisotopic (exact) mass is 287 g/mol. The molecule has 21 heavy (non-hydrogen) atoms. The molecule has 0 unspecified atom stereocenters. The fraction of sp³-hybridized carbons (Fsp3) is 0.235. The molecule has 0 bridgehead atoms. The van der Waals surface area contributed by atoms with Crippen molar-refractivity contribution >= 4 is 5.91 Å². The van der Waals surface area contributed by atoms with Gasteiger partial charge in [0.15, 0.2) is 0 Å². The molecule has 2 aromatic rings. The molecule has 0 spiro atoms. The summed E-state index contributed by atoms with van der Waals surface area (Å²) in [5.74, 6) is -0.182. The van der Waals surface area contributed by atoms with Crippen LogP contribution in [0, 0.1) is 19.7 Å². The van der Waals surface area contributed by atoms with Crippen LogP contribution in [0.1, 0.15) is 21.5 Å². The Hall–Kier alpha value is -2.36. The number of carbonyl (C=O) groups is 1. The lowest BCUT2D eigenvalue weighted by Crippen LogP contribution is -2.28. The molecule has 3 nitrogen and oxygen atoms in total. The van der Waals surface area contributed by atoms with Gasteiger partial charge < -0.3 is 10.1 Å². The van der Waals surface area contributed by atoms with Crippen LogP contribution < -0.4 is 10.1 Å². The molecule has 0 aliphatic rings. The molecular formula is C17H18FNO2. The summed E-state index contributed by atoms with van der Waals surface area (Å²) >= 11 is 0. The molecule has 0 aliphatic carbocycles. The zero-order valence-corrected chi connectivity index (χ0v) is 12.2. The highest BCUT2D eigenvalue weighted by Crippen LogP contribution is 2.12. The normalized spacial score (nSPS) is 10.2. The molecule has 2 aromatic carbocycles. The van der Waals surface area contributed by atoms with Crippen molar-refractivity contribution in [3.8, 4) is 5.75 Å². The molecule has 0 heterocycles. The van der Waals surface area contributed by atoms with Crippen molar-refractivity contribution in [3.05, 3.63) is 65.0 Å². The van der Waals surface area contributed by atoms with Gasteiger partial charge in [0.1, 0.15) is 18.2 Å². The number of aryl methyl sites for hydroxylation is 2. The average molecular weight is 287 g/mol. The van der Waals surface area contributed by atoms with E-state index in [1.54, 1.807) is 13.0 Å². The van der Waals surface area contributed by atoms with Crippen LogP contribution in [0.25, 0.3) is 0 Å². The predicted molar refractivity (Wildman–Crippen MR) is 80.1 cm³/mol. The standard InChI is InChI=1S/C17H18FNO2/c1-12-4-3-5-14(10-12)21-9-8-19-17(20)15-7-6-13(2)11-16(15)18/h3-7,10-11H,8-9H2,1-2H3,(H,19,20). The minimum Gasteiger partial charge on any atom is -0.492 e. The molecule has 1 N–H and O–H groups in total. The topological polar surface area (TPSA) is 38.3 Å². The van der Waals surface area contributed by atoms with Crippen molar-refractivity contribution < 1.29 is 13.9 Å². The number of ether oxygens (including phenoxy) is 1. The van der Waals surface area contributed by atoms with E-state index < -0.39 is 11.7 Å². The van der Waals surface area contributed by atoms with Crippen LogP contribution in [0.2, 0.25) is 0 Å². The van der Waals surface area contributed by atoms with Gasteiger partial charge in [-0.3, -0.25) is 4.79 Å². The summed E-state index contributed by atoms with van der Waals surface area (Å²) < 4.78 is 19.1. The Morgan fingerprint density at radius 2 is 1.90 bits per heavy atom. The van der Waals surface area contributed by atoms with Crippen LogP contribution in [-0.4, -0.2) is 19.1 Å². The molecule has 0 aliphatic heterocycles. The summed E-state index contributed by atoms with van der Waals surface area (Å²) in [6, 6.07) is 12.2. The Kier molecular flexibility index (Phi) is 4.93. The van der Waals surface area contributed by atoms with Gasteiger partial charge >= 0.3 is 0 Å². The number of hydrogen-bond acceptors (Lipinski definition) is 2. The van der Waals surface area contributed by atoms with Crippen LogP contribution >= 0.6 is 0 Å². The van der Waals surface area contributed by atoms with Gasteiger partial charge in [0.05, 0.1) is 12.1 Å². The minimum absolute atomic E-state index is 0.0520. The minimum atomic E-state index is -0.507. The highest BCUT2D eigenvalue weighted by atomic mass is 19.1. The van der Waals surface area contributed by atoms with Crippen LogP contribution in [0.3, 0.4) is 0 Å². The van der Waals surface area contributed by atoms with E-state index >= 15 is 0 Å². The van der Waals surface area contributed by atoms with E-state index in [-0.39, 0.29) is 5.56 Å². The maximum Gasteiger partial charge on any atom is 0.254 e. The van der Waals surface area contributed by atoms with Crippen LogP contribution in [0.4, 0.5) is 4.39 Å². The Morgan fingerprint density at radius 3 is 2.62 bits per heavy atom. The molecule has 0 atom stereocenters. The first-order valence-corrected chi connectivity index (χ1v) is 6.80. The first-order chi connectivity index (χ1) is 10.1. The summed E-state index contributed by atoms with van der Waals surface area (Å²) in [6.07, 6.45) is 0. The maximum atomic E-state index is 13.6. The number of amides is 1. The van der Waals surface area contributed by atoms with Gasteiger partial charge in [0.2, 0.25) is 0 Å². The molecule has 110 valence electrons. The van der Waals surface area contributed by atoms with Gasteiger partial charge in [-0.25, -0.2) is 4.39 Å². The molecule has 0 fully saturated rings. The SMILES string of the molecule is Cc1cccc(OCCNC(=O)c2ccc(C)cc2F)c1. The summed E-state index contributed by atoms with van der Waals surface area (Å²) in [5.41, 5.74) is 1.95. The molecule has 4 heteroatoms. The lowest BCUT2D eigenvalue weighted by atomic mass is 10.1. The lowest BCUT2D eigenvalue weighted by Gasteiger charge is -2.09. The smallest absolute Gasteiger partial charge is 0.254 e. The fourth-order valence-corrected chi connectivity index (χ4v) is 1.94. The van der Waals surface area contributed by atoms with E-state index in [0.717, 1.165) is 16.9 Å². The van der Waals surface area contributed by atoms with Crippen molar-refractivity contribution in [2.45, 2.75) is 13.8 Å². The van der Waals surface area contributed by atoms with E-state index in [1.165, 1.54) is 12.1 Å². The van der Waals surface area contributed by atoms with E-state index in [9.17, 15) is 9.18 Å². The zero-order valence-electron chi connectivity index (χ0n) is 12.2. The van der Waals surface area contributed by atoms with Gasteiger partial charge in [0, 0.05) is 0 Å². The van der Waals surface area contributed by atoms with Gasteiger partial charge in [0.25, 0.3) is 5.91 Å². The van der Waals surface area contributed by atoms with Crippen molar-refractivity contribution in [2.24, 2.45) is 0 Å². The third kappa shape index (κ3) is 4.31. The van der Waals surface area contributed by atoms with Crippen LogP contribution in [-0.2, 0) is 0 Å². The average Bonchev–Trinajstić information content (AvgIpc) is 2.43. The first-order valence-electron chi connectivity index (χ1n) is 6.80. The maximum absolute atomic E-state index is 13.6. The Labute approximate surface area is 123 Å². The van der Waals surface area contributed by atoms with Gasteiger partial charge in [-0.05, 0) is 49.2 Å². The Bertz CT molecular complexity index is 640. The molecule has 0 aromatic heterocycles. The van der Waals surface area contributed by atoms with Gasteiger partial charge in [-0.15, -0.1) is 0 Å². The summed E-state index contributed by atoms with van der Waals surface area (Å²) in [7, 11) is 0. The molecule has 1 amide bonds. The van der Waals surface area contributed by atoms with Crippen molar-refractivity contribution in [2.75, 3.05) is 13.2 Å². The van der Waals surface area contributed by atoms with Crippen LogP contribution in [0.15, 0.2) is 42.5 Å². The van der Waals surface area contributed by atoms with E-state index in [4.69, 9.17) is 4.74 Å². The van der Waals surface area contributed by atoms with Gasteiger partial charge in [-0.2, -0.15) is 0 Å². The number of halogens is 1. The number of benzene rings is 2. The number of carbonyl (C=O) groups excluding carboxylic acids is 1. The lowest BCUT2D eigenvalue weighted by molar-refractivity contribution is 0.0943. The fourth-order valence-electron chi connectivity index (χ4n) is 1.94. The molecule has 0 saturated carbocycles. The highest BCUT2D eigenvalue weighted by molar-refractivity contribution is 5.94. The van der Waals surface area contributed by atoms with E-state index in [1.807, 2.05) is 31.2 Å². The molecule has 0 saturated heterocycles. The number of rotatable bonds is 5. The summed E-state index contributed by atoms with van der Waals surface area (Å²) in [5, 5.41) is 2.64. The Balaban J connectivity index is 1.82. The van der Waals surface area contributed by atoms with Crippen molar-refractivity contribution in [3.63, 3.8) is 0 Å². The summed E-state index contributed by atoms with van der Waals surface area (Å²) in [6.45, 7) is 4.41. The van der Waals surface area contributed by atoms with E-state index in [2.05, 4.69) is 5.32 Å². The van der Waals surface area contributed by atoms with Gasteiger partial charge in [-0.1, -0.05) is 18.2 Å². The van der Waals surface area contributed by atoms with Crippen LogP contribution in [0.5, 0.6) is 5.75 Å². The second kappa shape index (κ2) is 6.88. The second-order valence-electron chi connectivity index (χ2n) is 4.90. The van der Waals surface area contributed by atoms with E-state index in [0.29, 0.717) is 13.2 Å². The third-order valence-corrected chi connectivity index (χ3v) is 3.02. The van der Waals surface area contributed by atoms with Crippen molar-refractivity contribution in [1.82, 2.24) is 5.32 Å². The molecule has 2 rings (SSSR count). The molecule has 0 radical (unpaired) electrons. The summed E-state index contributed by atoms with van der Waals surface area (Å²) in [4.78, 5) is 11.8. The Morgan fingerprint density at radius 1 is 1.14 bits per heavy atom. The quantitative estimate of drug-likeness (QED) is 0.857. The molecular weight excluding hydrogens is 269 g/mol. The number of hydrogen-bond donors (Lipinski definition) is 1. The second-order valence-corrected chi connectivity index (χ2v) is 4.90.